The number of nitrogens with one attached hydrogen (secondary N) is 1. The minimum Gasteiger partial charge on any atom is -0.391 e. The standard InChI is InChI=1S/C18H24N4O2/c1-21(2)17-10-13(15-7-3-4-8-16(15)20-17)11-19-18(24)22-9-5-6-14(23)12-22/h3-4,7-8,10,14,23H,5-6,9,11-12H2,1-2H3,(H,19,24). The van der Waals surface area contributed by atoms with Crippen LogP contribution in [0.5, 0.6) is 0 Å². The van der Waals surface area contributed by atoms with Crippen LogP contribution >= 0.6 is 0 Å². The molecule has 1 unspecified atom stereocenters. The zero-order chi connectivity index (χ0) is 17.1. The summed E-state index contributed by atoms with van der Waals surface area (Å²) in [6.07, 6.45) is 1.20. The maximum absolute atomic E-state index is 12.3. The molecule has 3 rings (SSSR count). The molecule has 1 aliphatic rings. The van der Waals surface area contributed by atoms with E-state index in [0.717, 1.165) is 35.1 Å². The van der Waals surface area contributed by atoms with Crippen LogP contribution in [-0.4, -0.2) is 54.3 Å². The van der Waals surface area contributed by atoms with Crippen LogP contribution in [0.2, 0.25) is 0 Å². The molecule has 2 amide bonds. The van der Waals surface area contributed by atoms with Crippen molar-refractivity contribution in [3.63, 3.8) is 0 Å². The average molecular weight is 328 g/mol. The molecule has 1 aromatic carbocycles. The van der Waals surface area contributed by atoms with Crippen LogP contribution in [-0.2, 0) is 6.54 Å². The first kappa shape index (κ1) is 16.5. The number of hydrogen-bond acceptors (Lipinski definition) is 4. The molecule has 1 aliphatic heterocycles. The highest BCUT2D eigenvalue weighted by molar-refractivity contribution is 5.84. The summed E-state index contributed by atoms with van der Waals surface area (Å²) in [7, 11) is 3.91. The Labute approximate surface area is 142 Å². The molecule has 2 heterocycles. The van der Waals surface area contributed by atoms with Crippen molar-refractivity contribution < 1.29 is 9.90 Å². The van der Waals surface area contributed by atoms with E-state index in [0.29, 0.717) is 19.6 Å². The van der Waals surface area contributed by atoms with E-state index < -0.39 is 6.10 Å². The van der Waals surface area contributed by atoms with Gasteiger partial charge in [0.1, 0.15) is 5.82 Å². The Bertz CT molecular complexity index is 732. The minimum atomic E-state index is -0.411. The number of pyridine rings is 1. The number of piperidine rings is 1. The molecule has 1 saturated heterocycles. The average Bonchev–Trinajstić information content (AvgIpc) is 2.59. The monoisotopic (exact) mass is 328 g/mol. The van der Waals surface area contributed by atoms with Gasteiger partial charge in [0, 0.05) is 39.1 Å². The number of likely N-dealkylation sites (tertiary alicyclic amines) is 1. The van der Waals surface area contributed by atoms with Gasteiger partial charge in [-0.2, -0.15) is 0 Å². The van der Waals surface area contributed by atoms with Crippen molar-refractivity contribution in [2.75, 3.05) is 32.1 Å². The summed E-state index contributed by atoms with van der Waals surface area (Å²) in [5.74, 6) is 0.867. The predicted octanol–water partition coefficient (Wildman–Crippen LogP) is 1.97. The summed E-state index contributed by atoms with van der Waals surface area (Å²) in [6, 6.07) is 9.83. The molecule has 1 atom stereocenters. The molecule has 2 N–H and O–H groups in total. The number of carbonyl (C=O) groups excluding carboxylic acids is 1. The van der Waals surface area contributed by atoms with Gasteiger partial charge in [0.25, 0.3) is 0 Å². The number of rotatable bonds is 3. The smallest absolute Gasteiger partial charge is 0.317 e. The minimum absolute atomic E-state index is 0.124. The zero-order valence-electron chi connectivity index (χ0n) is 14.2. The Hall–Kier alpha value is -2.34. The maximum atomic E-state index is 12.3. The first-order chi connectivity index (χ1) is 11.5. The van der Waals surface area contributed by atoms with Gasteiger partial charge in [-0.25, -0.2) is 9.78 Å². The second-order valence-electron chi connectivity index (χ2n) is 6.45. The molecule has 128 valence electrons. The van der Waals surface area contributed by atoms with Gasteiger partial charge in [0.15, 0.2) is 0 Å². The summed E-state index contributed by atoms with van der Waals surface area (Å²) >= 11 is 0. The van der Waals surface area contributed by atoms with Crippen LogP contribution in [0.3, 0.4) is 0 Å². The van der Waals surface area contributed by atoms with Crippen LogP contribution in [0, 0.1) is 0 Å². The molecule has 0 saturated carbocycles. The highest BCUT2D eigenvalue weighted by atomic mass is 16.3. The Morgan fingerprint density at radius 3 is 2.96 bits per heavy atom. The van der Waals surface area contributed by atoms with Crippen LogP contribution in [0.15, 0.2) is 30.3 Å². The lowest BCUT2D eigenvalue weighted by Crippen LogP contribution is -2.46. The largest absolute Gasteiger partial charge is 0.391 e. The molecular weight excluding hydrogens is 304 g/mol. The van der Waals surface area contributed by atoms with Crippen molar-refractivity contribution in [1.29, 1.82) is 0 Å². The van der Waals surface area contributed by atoms with E-state index in [9.17, 15) is 9.90 Å². The highest BCUT2D eigenvalue weighted by Gasteiger charge is 2.21. The van der Waals surface area contributed by atoms with Gasteiger partial charge in [0.05, 0.1) is 11.6 Å². The molecule has 1 fully saturated rings. The summed E-state index contributed by atoms with van der Waals surface area (Å²) in [4.78, 5) is 20.6. The Balaban J connectivity index is 1.78. The van der Waals surface area contributed by atoms with Crippen LogP contribution in [0.25, 0.3) is 10.9 Å². The molecule has 6 nitrogen and oxygen atoms in total. The number of anilines is 1. The van der Waals surface area contributed by atoms with Crippen molar-refractivity contribution in [2.45, 2.75) is 25.5 Å². The first-order valence-electron chi connectivity index (χ1n) is 8.31. The van der Waals surface area contributed by atoms with Crippen molar-refractivity contribution in [3.05, 3.63) is 35.9 Å². The zero-order valence-corrected chi connectivity index (χ0v) is 14.2. The number of nitrogens with zero attached hydrogens (tertiary/aromatic N) is 3. The van der Waals surface area contributed by atoms with E-state index in [1.807, 2.05) is 49.3 Å². The number of benzene rings is 1. The number of fused-ring (bicyclic) bond motifs is 1. The van der Waals surface area contributed by atoms with E-state index in [1.54, 1.807) is 4.90 Å². The van der Waals surface area contributed by atoms with E-state index >= 15 is 0 Å². The van der Waals surface area contributed by atoms with Crippen molar-refractivity contribution in [1.82, 2.24) is 15.2 Å². The van der Waals surface area contributed by atoms with E-state index in [2.05, 4.69) is 10.3 Å². The van der Waals surface area contributed by atoms with E-state index in [-0.39, 0.29) is 6.03 Å². The molecule has 6 heteroatoms. The van der Waals surface area contributed by atoms with Crippen molar-refractivity contribution in [2.24, 2.45) is 0 Å². The lowest BCUT2D eigenvalue weighted by molar-refractivity contribution is 0.0842. The number of urea groups is 1. The third-order valence-electron chi connectivity index (χ3n) is 4.36. The molecule has 0 bridgehead atoms. The lowest BCUT2D eigenvalue weighted by Gasteiger charge is -2.30. The Kier molecular flexibility index (Phi) is 4.85. The van der Waals surface area contributed by atoms with Crippen molar-refractivity contribution >= 4 is 22.8 Å². The number of aromatic nitrogens is 1. The third-order valence-corrected chi connectivity index (χ3v) is 4.36. The fourth-order valence-corrected chi connectivity index (χ4v) is 3.03. The number of β-amino-alcohol motifs (C(OH)–C–C–N with tert-alkyl or cyclic N) is 1. The summed E-state index contributed by atoms with van der Waals surface area (Å²) < 4.78 is 0. The molecule has 0 aliphatic carbocycles. The number of amides is 2. The maximum Gasteiger partial charge on any atom is 0.317 e. The van der Waals surface area contributed by atoms with Crippen molar-refractivity contribution in [3.8, 4) is 0 Å². The Morgan fingerprint density at radius 1 is 1.42 bits per heavy atom. The van der Waals surface area contributed by atoms with Gasteiger partial charge in [-0.3, -0.25) is 0 Å². The summed E-state index contributed by atoms with van der Waals surface area (Å²) in [5, 5.41) is 13.7. The topological polar surface area (TPSA) is 68.7 Å². The fraction of sp³-hybridized carbons (Fsp3) is 0.444. The second kappa shape index (κ2) is 7.05. The van der Waals surface area contributed by atoms with E-state index in [4.69, 9.17) is 0 Å². The highest BCUT2D eigenvalue weighted by Crippen LogP contribution is 2.22. The SMILES string of the molecule is CN(C)c1cc(CNC(=O)N2CCCC(O)C2)c2ccccc2n1. The van der Waals surface area contributed by atoms with E-state index in [1.165, 1.54) is 0 Å². The molecule has 24 heavy (non-hydrogen) atoms. The molecule has 0 radical (unpaired) electrons. The normalized spacial score (nSPS) is 17.8. The van der Waals surface area contributed by atoms with Crippen LogP contribution in [0.1, 0.15) is 18.4 Å². The number of aliphatic hydroxyl groups is 1. The number of hydrogen-bond donors (Lipinski definition) is 2. The van der Waals surface area contributed by atoms with Crippen LogP contribution in [0.4, 0.5) is 10.6 Å². The van der Waals surface area contributed by atoms with Gasteiger partial charge >= 0.3 is 6.03 Å². The van der Waals surface area contributed by atoms with Gasteiger partial charge < -0.3 is 20.2 Å². The number of aliphatic hydroxyl groups excluding tert-OH is 1. The Morgan fingerprint density at radius 2 is 2.21 bits per heavy atom. The third kappa shape index (κ3) is 3.59. The van der Waals surface area contributed by atoms with Gasteiger partial charge in [0.2, 0.25) is 0 Å². The predicted molar refractivity (Wildman–Crippen MR) is 95.1 cm³/mol. The van der Waals surface area contributed by atoms with Gasteiger partial charge in [-0.15, -0.1) is 0 Å². The first-order valence-corrected chi connectivity index (χ1v) is 8.31. The summed E-state index contributed by atoms with van der Waals surface area (Å²) in [5.41, 5.74) is 1.96. The van der Waals surface area contributed by atoms with Gasteiger partial charge in [-0.1, -0.05) is 18.2 Å². The fourth-order valence-electron chi connectivity index (χ4n) is 3.03. The van der Waals surface area contributed by atoms with Crippen LogP contribution < -0.4 is 10.2 Å². The number of para-hydroxylation sites is 1. The van der Waals surface area contributed by atoms with Gasteiger partial charge in [-0.05, 0) is 30.5 Å². The molecular formula is C18H24N4O2. The number of carbonyl (C=O) groups is 1. The lowest BCUT2D eigenvalue weighted by atomic mass is 10.1. The second-order valence-corrected chi connectivity index (χ2v) is 6.45. The molecule has 0 spiro atoms. The molecule has 1 aromatic heterocycles. The summed E-state index contributed by atoms with van der Waals surface area (Å²) in [6.45, 7) is 1.55. The quantitative estimate of drug-likeness (QED) is 0.904. The molecule has 2 aromatic rings.